The Morgan fingerprint density at radius 1 is 1.56 bits per heavy atom. The first-order valence-electron chi connectivity index (χ1n) is 4.45. The van der Waals surface area contributed by atoms with Crippen molar-refractivity contribution in [2.75, 3.05) is 19.4 Å². The van der Waals surface area contributed by atoms with E-state index in [-0.39, 0.29) is 10.9 Å². The van der Waals surface area contributed by atoms with E-state index >= 15 is 0 Å². The van der Waals surface area contributed by atoms with E-state index in [2.05, 4.69) is 26.2 Å². The molecule has 86 valence electrons. The Bertz CT molecular complexity index is 421. The lowest BCUT2D eigenvalue weighted by Crippen LogP contribution is -2.13. The van der Waals surface area contributed by atoms with Gasteiger partial charge >= 0.3 is 0 Å². The number of benzene rings is 1. The van der Waals surface area contributed by atoms with Gasteiger partial charge in [0.15, 0.2) is 5.11 Å². The van der Waals surface area contributed by atoms with Crippen LogP contribution in [-0.4, -0.2) is 30.4 Å². The molecule has 0 aromatic heterocycles. The molecule has 0 aliphatic heterocycles. The number of aliphatic imine (C=N–C) groups is 1. The lowest BCUT2D eigenvalue weighted by Gasteiger charge is -2.07. The Hall–Kier alpha value is -1.01. The fraction of sp³-hybridized carbons (Fsp3) is 0.200. The first-order valence-corrected chi connectivity index (χ1v) is 5.66. The molecule has 0 spiro atoms. The van der Waals surface area contributed by atoms with Gasteiger partial charge in [-0.05, 0) is 30.4 Å². The quantitative estimate of drug-likeness (QED) is 0.517. The largest absolute Gasteiger partial charge is 0.369 e. The molecule has 0 saturated heterocycles. The van der Waals surface area contributed by atoms with Crippen molar-refractivity contribution in [1.29, 1.82) is 0 Å². The van der Waals surface area contributed by atoms with Crippen molar-refractivity contribution >= 4 is 45.3 Å². The Balaban J connectivity index is 2.70. The van der Waals surface area contributed by atoms with Gasteiger partial charge in [-0.1, -0.05) is 15.9 Å². The zero-order chi connectivity index (χ0) is 12.1. The summed E-state index contributed by atoms with van der Waals surface area (Å²) in [4.78, 5) is 5.67. The maximum Gasteiger partial charge on any atom is 0.198 e. The van der Waals surface area contributed by atoms with E-state index in [1.54, 1.807) is 23.4 Å². The van der Waals surface area contributed by atoms with Crippen LogP contribution in [0.25, 0.3) is 0 Å². The maximum absolute atomic E-state index is 13.4. The van der Waals surface area contributed by atoms with E-state index in [0.717, 1.165) is 0 Å². The van der Waals surface area contributed by atoms with Crippen LogP contribution in [0.15, 0.2) is 27.7 Å². The maximum atomic E-state index is 13.4. The van der Waals surface area contributed by atoms with Gasteiger partial charge < -0.3 is 10.2 Å². The highest BCUT2D eigenvalue weighted by atomic mass is 79.9. The second kappa shape index (κ2) is 5.91. The fourth-order valence-corrected chi connectivity index (χ4v) is 1.40. The number of nitrogens with zero attached hydrogens (tertiary/aromatic N) is 2. The normalized spacial score (nSPS) is 10.5. The number of nitrogens with one attached hydrogen (secondary N) is 1. The molecule has 0 aliphatic rings. The van der Waals surface area contributed by atoms with Crippen LogP contribution >= 0.6 is 28.1 Å². The highest BCUT2D eigenvalue weighted by Crippen LogP contribution is 2.19. The molecule has 0 heterocycles. The Kier molecular flexibility index (Phi) is 4.82. The standard InChI is InChI=1S/C10H11BrFN3S/c1-15(2)6-13-10(16)14-9-4-3-7(11)5-8(9)12/h3-6H,1-2H3,(H,14,16)/b13-6+. The monoisotopic (exact) mass is 303 g/mol. The lowest BCUT2D eigenvalue weighted by atomic mass is 10.3. The third-order valence-electron chi connectivity index (χ3n) is 1.58. The minimum absolute atomic E-state index is 0.218. The minimum Gasteiger partial charge on any atom is -0.369 e. The summed E-state index contributed by atoms with van der Waals surface area (Å²) in [6, 6.07) is 4.68. The zero-order valence-electron chi connectivity index (χ0n) is 8.87. The molecular formula is C10H11BrFN3S. The minimum atomic E-state index is -0.378. The Morgan fingerprint density at radius 2 is 2.25 bits per heavy atom. The molecule has 6 heteroatoms. The van der Waals surface area contributed by atoms with E-state index in [9.17, 15) is 4.39 Å². The summed E-state index contributed by atoms with van der Waals surface area (Å²) < 4.78 is 14.1. The van der Waals surface area contributed by atoms with Gasteiger partial charge in [0.25, 0.3) is 0 Å². The molecule has 0 radical (unpaired) electrons. The summed E-state index contributed by atoms with van der Waals surface area (Å²) in [5, 5.41) is 2.92. The molecule has 0 atom stereocenters. The van der Waals surface area contributed by atoms with Gasteiger partial charge in [0, 0.05) is 18.6 Å². The highest BCUT2D eigenvalue weighted by molar-refractivity contribution is 9.10. The molecule has 16 heavy (non-hydrogen) atoms. The molecule has 1 rings (SSSR count). The first kappa shape index (κ1) is 13.1. The predicted octanol–water partition coefficient (Wildman–Crippen LogP) is 2.87. The van der Waals surface area contributed by atoms with Crippen molar-refractivity contribution < 1.29 is 4.39 Å². The van der Waals surface area contributed by atoms with Gasteiger partial charge in [-0.15, -0.1) is 0 Å². The van der Waals surface area contributed by atoms with Crippen LogP contribution in [0.2, 0.25) is 0 Å². The van der Waals surface area contributed by atoms with Gasteiger partial charge in [-0.3, -0.25) is 0 Å². The van der Waals surface area contributed by atoms with Gasteiger partial charge in [0.2, 0.25) is 0 Å². The van der Waals surface area contributed by atoms with E-state index in [1.807, 2.05) is 14.1 Å². The number of halogens is 2. The van der Waals surface area contributed by atoms with E-state index < -0.39 is 0 Å². The molecule has 0 unspecified atom stereocenters. The van der Waals surface area contributed by atoms with Crippen LogP contribution < -0.4 is 5.32 Å². The van der Waals surface area contributed by atoms with E-state index in [4.69, 9.17) is 12.2 Å². The van der Waals surface area contributed by atoms with Crippen LogP contribution in [0.4, 0.5) is 10.1 Å². The molecule has 1 aromatic carbocycles. The predicted molar refractivity (Wildman–Crippen MR) is 72.5 cm³/mol. The van der Waals surface area contributed by atoms with Crippen molar-refractivity contribution in [3.8, 4) is 0 Å². The first-order chi connectivity index (χ1) is 7.49. The summed E-state index contributed by atoms with van der Waals surface area (Å²) in [6.07, 6.45) is 1.55. The molecule has 0 aliphatic carbocycles. The van der Waals surface area contributed by atoms with Crippen molar-refractivity contribution in [1.82, 2.24) is 4.90 Å². The molecule has 0 saturated carbocycles. The number of hydrogen-bond donors (Lipinski definition) is 1. The van der Waals surface area contributed by atoms with Crippen LogP contribution in [0, 0.1) is 5.82 Å². The molecule has 0 bridgehead atoms. The van der Waals surface area contributed by atoms with E-state index in [0.29, 0.717) is 10.2 Å². The third kappa shape index (κ3) is 4.24. The Morgan fingerprint density at radius 3 is 2.81 bits per heavy atom. The van der Waals surface area contributed by atoms with Gasteiger partial charge in [-0.2, -0.15) is 0 Å². The number of anilines is 1. The second-order valence-corrected chi connectivity index (χ2v) is 4.56. The average molecular weight is 304 g/mol. The molecule has 0 amide bonds. The lowest BCUT2D eigenvalue weighted by molar-refractivity contribution is 0.631. The molecule has 3 nitrogen and oxygen atoms in total. The van der Waals surface area contributed by atoms with Crippen molar-refractivity contribution in [3.63, 3.8) is 0 Å². The molecule has 1 aromatic rings. The van der Waals surface area contributed by atoms with Crippen molar-refractivity contribution in [3.05, 3.63) is 28.5 Å². The summed E-state index contributed by atoms with van der Waals surface area (Å²) >= 11 is 8.11. The van der Waals surface area contributed by atoms with Gasteiger partial charge in [-0.25, -0.2) is 9.38 Å². The van der Waals surface area contributed by atoms with Crippen LogP contribution in [0.5, 0.6) is 0 Å². The summed E-state index contributed by atoms with van der Waals surface area (Å²) in [6.45, 7) is 0. The number of hydrogen-bond acceptors (Lipinski definition) is 1. The number of thiocarbonyl (C=S) groups is 1. The third-order valence-corrected chi connectivity index (χ3v) is 2.28. The SMILES string of the molecule is CN(C)/C=N/C(=S)Nc1ccc(Br)cc1F. The summed E-state index contributed by atoms with van der Waals surface area (Å²) in [5.41, 5.74) is 0.309. The molecule has 0 fully saturated rings. The average Bonchev–Trinajstić information content (AvgIpc) is 2.19. The van der Waals surface area contributed by atoms with Crippen molar-refractivity contribution in [2.24, 2.45) is 4.99 Å². The van der Waals surface area contributed by atoms with Gasteiger partial charge in [0.1, 0.15) is 5.82 Å². The van der Waals surface area contributed by atoms with E-state index in [1.165, 1.54) is 6.07 Å². The fourth-order valence-electron chi connectivity index (χ4n) is 0.906. The van der Waals surface area contributed by atoms with Crippen LogP contribution in [0.1, 0.15) is 0 Å². The van der Waals surface area contributed by atoms with Crippen LogP contribution in [0.3, 0.4) is 0 Å². The zero-order valence-corrected chi connectivity index (χ0v) is 11.3. The summed E-state index contributed by atoms with van der Waals surface area (Å²) in [7, 11) is 3.65. The van der Waals surface area contributed by atoms with Gasteiger partial charge in [0.05, 0.1) is 12.0 Å². The number of rotatable bonds is 2. The smallest absolute Gasteiger partial charge is 0.198 e. The Labute approximate surface area is 107 Å². The second-order valence-electron chi connectivity index (χ2n) is 3.26. The highest BCUT2D eigenvalue weighted by Gasteiger charge is 2.03. The molecule has 1 N–H and O–H groups in total. The topological polar surface area (TPSA) is 27.6 Å². The van der Waals surface area contributed by atoms with Crippen molar-refractivity contribution in [2.45, 2.75) is 0 Å². The van der Waals surface area contributed by atoms with Crippen LogP contribution in [-0.2, 0) is 0 Å². The molecular weight excluding hydrogens is 293 g/mol. The summed E-state index contributed by atoms with van der Waals surface area (Å²) in [5.74, 6) is -0.378.